The minimum atomic E-state index is 0.0359. The van der Waals surface area contributed by atoms with Crippen LogP contribution in [0.4, 0.5) is 0 Å². The highest BCUT2D eigenvalue weighted by Crippen LogP contribution is 2.28. The molecular weight excluding hydrogens is 266 g/mol. The fourth-order valence-electron chi connectivity index (χ4n) is 2.86. The molecule has 114 valence electrons. The number of aromatic nitrogens is 1. The van der Waals surface area contributed by atoms with Gasteiger partial charge in [-0.25, -0.2) is 0 Å². The van der Waals surface area contributed by atoms with Crippen molar-refractivity contribution in [2.75, 3.05) is 6.54 Å². The van der Waals surface area contributed by atoms with E-state index in [1.807, 2.05) is 0 Å². The van der Waals surface area contributed by atoms with Gasteiger partial charge >= 0.3 is 0 Å². The summed E-state index contributed by atoms with van der Waals surface area (Å²) in [7, 11) is 0. The van der Waals surface area contributed by atoms with Gasteiger partial charge in [0, 0.05) is 43.4 Å². The molecule has 1 heterocycles. The minimum Gasteiger partial charge on any atom is -0.353 e. The molecule has 1 saturated carbocycles. The lowest BCUT2D eigenvalue weighted by atomic mass is 9.82. The van der Waals surface area contributed by atoms with Crippen molar-refractivity contribution in [1.29, 1.82) is 0 Å². The zero-order valence-electron chi connectivity index (χ0n) is 12.3. The number of amides is 1. The molecule has 0 bridgehead atoms. The maximum atomic E-state index is 12.1. The van der Waals surface area contributed by atoms with Gasteiger partial charge in [0.15, 0.2) is 5.78 Å². The third-order valence-electron chi connectivity index (χ3n) is 4.06. The monoisotopic (exact) mass is 289 g/mol. The number of Topliss-reactive ketones (excluding diaryl/α,β-unsaturated/α-hetero) is 1. The Morgan fingerprint density at radius 2 is 1.86 bits per heavy atom. The quantitative estimate of drug-likeness (QED) is 0.780. The number of nitrogens with two attached hydrogens (primary N) is 1. The topological polar surface area (TPSA) is 85.1 Å². The molecular formula is C16H23N3O2. The zero-order chi connectivity index (χ0) is 15.1. The smallest absolute Gasteiger partial charge is 0.221 e. The normalized spacial score (nSPS) is 21.8. The Kier molecular flexibility index (Phi) is 5.87. The number of nitrogens with one attached hydrogen (secondary N) is 1. The first-order valence-electron chi connectivity index (χ1n) is 7.61. The second kappa shape index (κ2) is 7.88. The van der Waals surface area contributed by atoms with E-state index in [-0.39, 0.29) is 17.7 Å². The van der Waals surface area contributed by atoms with Crippen molar-refractivity contribution in [3.63, 3.8) is 0 Å². The van der Waals surface area contributed by atoms with Gasteiger partial charge in [0.1, 0.15) is 0 Å². The van der Waals surface area contributed by atoms with Crippen LogP contribution in [0.15, 0.2) is 24.5 Å². The summed E-state index contributed by atoms with van der Waals surface area (Å²) in [5, 5.41) is 3.01. The second-order valence-corrected chi connectivity index (χ2v) is 5.69. The van der Waals surface area contributed by atoms with E-state index in [0.717, 1.165) is 31.2 Å². The van der Waals surface area contributed by atoms with Crippen molar-refractivity contribution in [3.05, 3.63) is 30.1 Å². The van der Waals surface area contributed by atoms with Crippen LogP contribution in [0.1, 0.15) is 48.9 Å². The highest BCUT2D eigenvalue weighted by molar-refractivity contribution is 5.96. The first-order valence-corrected chi connectivity index (χ1v) is 7.61. The van der Waals surface area contributed by atoms with E-state index >= 15 is 0 Å². The van der Waals surface area contributed by atoms with Gasteiger partial charge < -0.3 is 11.1 Å². The van der Waals surface area contributed by atoms with E-state index in [1.54, 1.807) is 24.5 Å². The largest absolute Gasteiger partial charge is 0.353 e. The fraction of sp³-hybridized carbons (Fsp3) is 0.562. The molecule has 1 aromatic heterocycles. The Balaban J connectivity index is 1.74. The van der Waals surface area contributed by atoms with Gasteiger partial charge in [0.05, 0.1) is 0 Å². The molecule has 0 unspecified atom stereocenters. The summed E-state index contributed by atoms with van der Waals surface area (Å²) in [6.45, 7) is 0.390. The van der Waals surface area contributed by atoms with Crippen LogP contribution >= 0.6 is 0 Å². The van der Waals surface area contributed by atoms with Gasteiger partial charge in [-0.1, -0.05) is 0 Å². The molecule has 21 heavy (non-hydrogen) atoms. The number of pyridine rings is 1. The van der Waals surface area contributed by atoms with E-state index in [1.165, 1.54) is 0 Å². The second-order valence-electron chi connectivity index (χ2n) is 5.69. The molecule has 1 amide bonds. The molecule has 1 fully saturated rings. The summed E-state index contributed by atoms with van der Waals surface area (Å²) in [6, 6.07) is 3.78. The molecule has 3 N–H and O–H groups in total. The van der Waals surface area contributed by atoms with Crippen LogP contribution in [-0.4, -0.2) is 29.3 Å². The van der Waals surface area contributed by atoms with E-state index in [9.17, 15) is 9.59 Å². The van der Waals surface area contributed by atoms with Crippen LogP contribution in [0.5, 0.6) is 0 Å². The number of ketones is 1. The van der Waals surface area contributed by atoms with Gasteiger partial charge in [-0.3, -0.25) is 14.6 Å². The van der Waals surface area contributed by atoms with Crippen LogP contribution in [0, 0.1) is 5.92 Å². The minimum absolute atomic E-state index is 0.0359. The van der Waals surface area contributed by atoms with E-state index in [4.69, 9.17) is 5.73 Å². The highest BCUT2D eigenvalue weighted by atomic mass is 16.1. The Morgan fingerprint density at radius 3 is 2.48 bits per heavy atom. The summed E-state index contributed by atoms with van der Waals surface area (Å²) < 4.78 is 0. The predicted octanol–water partition coefficient (Wildman–Crippen LogP) is 1.68. The fourth-order valence-corrected chi connectivity index (χ4v) is 2.86. The van der Waals surface area contributed by atoms with E-state index in [2.05, 4.69) is 10.3 Å². The first-order chi connectivity index (χ1) is 10.2. The number of nitrogens with zero attached hydrogens (tertiary/aromatic N) is 1. The van der Waals surface area contributed by atoms with Crippen molar-refractivity contribution in [2.45, 2.75) is 44.6 Å². The summed E-state index contributed by atoms with van der Waals surface area (Å²) in [4.78, 5) is 27.6. The van der Waals surface area contributed by atoms with Crippen molar-refractivity contribution >= 4 is 11.7 Å². The van der Waals surface area contributed by atoms with Crippen LogP contribution < -0.4 is 11.1 Å². The maximum Gasteiger partial charge on any atom is 0.221 e. The zero-order valence-corrected chi connectivity index (χ0v) is 12.3. The average Bonchev–Trinajstić information content (AvgIpc) is 2.50. The molecule has 0 radical (unpaired) electrons. The average molecular weight is 289 g/mol. The van der Waals surface area contributed by atoms with Gasteiger partial charge in [-0.15, -0.1) is 0 Å². The lowest BCUT2D eigenvalue weighted by Crippen LogP contribution is -2.38. The standard InChI is InChI=1S/C16H23N3O2/c17-8-5-16(21)19-14-3-1-12(2-4-14)11-15(20)13-6-9-18-10-7-13/h6-7,9-10,12,14H,1-5,8,11,17H2,(H,19,21). The Morgan fingerprint density at radius 1 is 1.19 bits per heavy atom. The molecule has 0 saturated heterocycles. The van der Waals surface area contributed by atoms with Gasteiger partial charge in [0.2, 0.25) is 5.91 Å². The van der Waals surface area contributed by atoms with E-state index in [0.29, 0.717) is 25.3 Å². The first kappa shape index (κ1) is 15.6. The molecule has 2 rings (SSSR count). The SMILES string of the molecule is NCCC(=O)NC1CCC(CC(=O)c2ccncc2)CC1. The van der Waals surface area contributed by atoms with Crippen LogP contribution in [0.3, 0.4) is 0 Å². The Labute approximate surface area is 125 Å². The predicted molar refractivity (Wildman–Crippen MR) is 80.7 cm³/mol. The van der Waals surface area contributed by atoms with Gasteiger partial charge in [0.25, 0.3) is 0 Å². The maximum absolute atomic E-state index is 12.1. The van der Waals surface area contributed by atoms with Crippen LogP contribution in [0.2, 0.25) is 0 Å². The molecule has 0 aliphatic heterocycles. The number of carbonyl (C=O) groups is 2. The van der Waals surface area contributed by atoms with Crippen molar-refractivity contribution in [3.8, 4) is 0 Å². The summed E-state index contributed by atoms with van der Waals surface area (Å²) in [5.41, 5.74) is 6.10. The third-order valence-corrected chi connectivity index (χ3v) is 4.06. The highest BCUT2D eigenvalue weighted by Gasteiger charge is 2.24. The van der Waals surface area contributed by atoms with Crippen molar-refractivity contribution in [2.24, 2.45) is 11.7 Å². The van der Waals surface area contributed by atoms with Crippen molar-refractivity contribution < 1.29 is 9.59 Å². The Bertz CT molecular complexity index is 468. The van der Waals surface area contributed by atoms with Crippen LogP contribution in [-0.2, 0) is 4.79 Å². The summed E-state index contributed by atoms with van der Waals surface area (Å²) in [5.74, 6) is 0.648. The molecule has 1 aliphatic carbocycles. The number of rotatable bonds is 6. The number of carbonyl (C=O) groups excluding carboxylic acids is 2. The van der Waals surface area contributed by atoms with Crippen LogP contribution in [0.25, 0.3) is 0 Å². The molecule has 1 aromatic rings. The molecule has 0 atom stereocenters. The van der Waals surface area contributed by atoms with Crippen molar-refractivity contribution in [1.82, 2.24) is 10.3 Å². The molecule has 5 heteroatoms. The molecule has 0 spiro atoms. The summed E-state index contributed by atoms with van der Waals surface area (Å²) >= 11 is 0. The molecule has 0 aromatic carbocycles. The number of hydrogen-bond donors (Lipinski definition) is 2. The lowest BCUT2D eigenvalue weighted by molar-refractivity contribution is -0.121. The van der Waals surface area contributed by atoms with E-state index < -0.39 is 0 Å². The van der Waals surface area contributed by atoms with Gasteiger partial charge in [-0.2, -0.15) is 0 Å². The molecule has 5 nitrogen and oxygen atoms in total. The Hall–Kier alpha value is -1.75. The number of hydrogen-bond acceptors (Lipinski definition) is 4. The molecule has 1 aliphatic rings. The summed E-state index contributed by atoms with van der Waals surface area (Å²) in [6.07, 6.45) is 8.16. The van der Waals surface area contributed by atoms with Gasteiger partial charge in [-0.05, 0) is 43.7 Å². The lowest BCUT2D eigenvalue weighted by Gasteiger charge is -2.28. The third kappa shape index (κ3) is 4.93.